The summed E-state index contributed by atoms with van der Waals surface area (Å²) >= 11 is 9.35. The van der Waals surface area contributed by atoms with Gasteiger partial charge >= 0.3 is 0 Å². The summed E-state index contributed by atoms with van der Waals surface area (Å²) in [4.78, 5) is -0.0819. The van der Waals surface area contributed by atoms with E-state index in [0.29, 0.717) is 0 Å². The third-order valence-corrected chi connectivity index (χ3v) is 3.29. The van der Waals surface area contributed by atoms with Gasteiger partial charge in [-0.1, -0.05) is 46.3 Å². The van der Waals surface area contributed by atoms with Gasteiger partial charge in [-0.25, -0.2) is 0 Å². The highest BCUT2D eigenvalue weighted by atomic mass is 79.9. The summed E-state index contributed by atoms with van der Waals surface area (Å²) in [5, 5.41) is 8.67. The molecule has 3 heteroatoms. The topological polar surface area (TPSA) is 20.2 Å². The van der Waals surface area contributed by atoms with Crippen LogP contribution in [-0.2, 0) is 0 Å². The molecule has 0 spiro atoms. The lowest BCUT2D eigenvalue weighted by Gasteiger charge is -2.13. The minimum Gasteiger partial charge on any atom is -0.395 e. The Kier molecular flexibility index (Phi) is 4.06. The molecular formula is C9H10BrClO. The number of aliphatic hydroxyl groups excluding tert-OH is 1. The molecule has 0 aliphatic carbocycles. The summed E-state index contributed by atoms with van der Waals surface area (Å²) in [6.07, 6.45) is 0. The second kappa shape index (κ2) is 4.85. The summed E-state index contributed by atoms with van der Waals surface area (Å²) in [5.41, 5.74) is 1.02. The second-order valence-electron chi connectivity index (χ2n) is 2.51. The van der Waals surface area contributed by atoms with Crippen LogP contribution in [0.5, 0.6) is 0 Å². The van der Waals surface area contributed by atoms with Crippen LogP contribution in [0.4, 0.5) is 0 Å². The van der Waals surface area contributed by atoms with Gasteiger partial charge in [-0.2, -0.15) is 0 Å². The van der Waals surface area contributed by atoms with E-state index in [1.54, 1.807) is 0 Å². The number of alkyl halides is 2. The smallest absolute Gasteiger partial charge is 0.0732 e. The maximum absolute atomic E-state index is 8.84. The first-order valence-corrected chi connectivity index (χ1v) is 5.05. The maximum atomic E-state index is 8.84. The van der Waals surface area contributed by atoms with Crippen LogP contribution in [0.1, 0.15) is 10.9 Å². The van der Waals surface area contributed by atoms with Crippen molar-refractivity contribution in [2.75, 3.05) is 6.61 Å². The Hall–Kier alpha value is -0.0500. The molecule has 1 N–H and O–H groups in total. The van der Waals surface area contributed by atoms with E-state index in [-0.39, 0.29) is 16.8 Å². The van der Waals surface area contributed by atoms with Gasteiger partial charge in [0.1, 0.15) is 0 Å². The quantitative estimate of drug-likeness (QED) is 0.817. The normalized spacial score (nSPS) is 15.6. The van der Waals surface area contributed by atoms with Gasteiger partial charge in [-0.15, -0.1) is 11.6 Å². The second-order valence-corrected chi connectivity index (χ2v) is 4.16. The van der Waals surface area contributed by atoms with Crippen LogP contribution in [0.3, 0.4) is 0 Å². The zero-order valence-electron chi connectivity index (χ0n) is 6.45. The van der Waals surface area contributed by atoms with Crippen molar-refractivity contribution in [1.29, 1.82) is 0 Å². The first-order chi connectivity index (χ1) is 5.75. The molecule has 0 amide bonds. The molecule has 1 aromatic carbocycles. The van der Waals surface area contributed by atoms with Gasteiger partial charge in [0.15, 0.2) is 0 Å². The van der Waals surface area contributed by atoms with Crippen LogP contribution < -0.4 is 0 Å². The fraction of sp³-hybridized carbons (Fsp3) is 0.333. The van der Waals surface area contributed by atoms with E-state index >= 15 is 0 Å². The van der Waals surface area contributed by atoms with E-state index in [0.717, 1.165) is 5.56 Å². The van der Waals surface area contributed by atoms with E-state index in [1.165, 1.54) is 0 Å². The number of benzene rings is 1. The lowest BCUT2D eigenvalue weighted by atomic mass is 10.1. The van der Waals surface area contributed by atoms with Crippen molar-refractivity contribution in [1.82, 2.24) is 0 Å². The molecule has 0 saturated carbocycles. The molecule has 2 atom stereocenters. The summed E-state index contributed by atoms with van der Waals surface area (Å²) in [5.74, 6) is 0. The van der Waals surface area contributed by atoms with Crippen LogP contribution in [0.25, 0.3) is 0 Å². The Morgan fingerprint density at radius 1 is 1.33 bits per heavy atom. The Bertz CT molecular complexity index is 227. The van der Waals surface area contributed by atoms with Gasteiger partial charge in [0.25, 0.3) is 0 Å². The maximum Gasteiger partial charge on any atom is 0.0732 e. The van der Waals surface area contributed by atoms with Crippen molar-refractivity contribution in [2.24, 2.45) is 0 Å². The van der Waals surface area contributed by atoms with Crippen molar-refractivity contribution in [3.8, 4) is 0 Å². The molecule has 0 heterocycles. The third-order valence-electron chi connectivity index (χ3n) is 1.61. The molecule has 1 rings (SSSR count). The molecule has 0 aliphatic heterocycles. The summed E-state index contributed by atoms with van der Waals surface area (Å²) in [6, 6.07) is 9.70. The lowest BCUT2D eigenvalue weighted by molar-refractivity contribution is 0.294. The monoisotopic (exact) mass is 248 g/mol. The third kappa shape index (κ3) is 2.47. The van der Waals surface area contributed by atoms with E-state index in [2.05, 4.69) is 15.9 Å². The van der Waals surface area contributed by atoms with Gasteiger partial charge < -0.3 is 5.11 Å². The Balaban J connectivity index is 2.71. The highest BCUT2D eigenvalue weighted by Gasteiger charge is 2.16. The SMILES string of the molecule is OCC(Br)C(Cl)c1ccccc1. The summed E-state index contributed by atoms with van der Waals surface area (Å²) in [6.45, 7) is 0.0447. The average molecular weight is 250 g/mol. The zero-order chi connectivity index (χ0) is 8.97. The molecule has 0 aliphatic rings. The highest BCUT2D eigenvalue weighted by molar-refractivity contribution is 9.09. The molecule has 2 unspecified atom stereocenters. The van der Waals surface area contributed by atoms with Gasteiger partial charge in [0.05, 0.1) is 16.8 Å². The van der Waals surface area contributed by atoms with Gasteiger partial charge in [-0.05, 0) is 5.56 Å². The van der Waals surface area contributed by atoms with Crippen molar-refractivity contribution in [3.05, 3.63) is 35.9 Å². The average Bonchev–Trinajstić information content (AvgIpc) is 2.17. The summed E-state index contributed by atoms with van der Waals surface area (Å²) in [7, 11) is 0. The standard InChI is InChI=1S/C9H10BrClO/c10-8(6-12)9(11)7-4-2-1-3-5-7/h1-5,8-9,12H,6H2. The van der Waals surface area contributed by atoms with Crippen molar-refractivity contribution < 1.29 is 5.11 Å². The number of rotatable bonds is 3. The lowest BCUT2D eigenvalue weighted by Crippen LogP contribution is -2.11. The molecule has 0 aromatic heterocycles. The molecule has 0 bridgehead atoms. The molecule has 0 radical (unpaired) electrons. The predicted molar refractivity (Wildman–Crippen MR) is 54.8 cm³/mol. The van der Waals surface area contributed by atoms with E-state index < -0.39 is 0 Å². The van der Waals surface area contributed by atoms with Crippen molar-refractivity contribution >= 4 is 27.5 Å². The first kappa shape index (κ1) is 10.0. The molecule has 0 saturated heterocycles. The van der Waals surface area contributed by atoms with Crippen LogP contribution >= 0.6 is 27.5 Å². The number of halogens is 2. The van der Waals surface area contributed by atoms with E-state index in [1.807, 2.05) is 30.3 Å². The fourth-order valence-corrected chi connectivity index (χ4v) is 1.47. The van der Waals surface area contributed by atoms with Crippen LogP contribution in [0.2, 0.25) is 0 Å². The molecule has 0 fully saturated rings. The van der Waals surface area contributed by atoms with Crippen molar-refractivity contribution in [2.45, 2.75) is 10.2 Å². The molecule has 12 heavy (non-hydrogen) atoms. The van der Waals surface area contributed by atoms with E-state index in [9.17, 15) is 0 Å². The Labute approximate surface area is 85.5 Å². The highest BCUT2D eigenvalue weighted by Crippen LogP contribution is 2.28. The first-order valence-electron chi connectivity index (χ1n) is 3.69. The van der Waals surface area contributed by atoms with Gasteiger partial charge in [0.2, 0.25) is 0 Å². The number of hydrogen-bond donors (Lipinski definition) is 1. The molecule has 1 nitrogen and oxygen atoms in total. The minimum atomic E-state index is -0.170. The van der Waals surface area contributed by atoms with Gasteiger partial charge in [0, 0.05) is 0 Å². The van der Waals surface area contributed by atoms with Crippen LogP contribution in [0, 0.1) is 0 Å². The Morgan fingerprint density at radius 3 is 2.42 bits per heavy atom. The van der Waals surface area contributed by atoms with Crippen molar-refractivity contribution in [3.63, 3.8) is 0 Å². The van der Waals surface area contributed by atoms with E-state index in [4.69, 9.17) is 16.7 Å². The van der Waals surface area contributed by atoms with Crippen LogP contribution in [0.15, 0.2) is 30.3 Å². The van der Waals surface area contributed by atoms with Crippen LogP contribution in [-0.4, -0.2) is 16.5 Å². The summed E-state index contributed by atoms with van der Waals surface area (Å²) < 4.78 is 0. The minimum absolute atomic E-state index is 0.0447. The predicted octanol–water partition coefficient (Wildman–Crippen LogP) is 2.72. The number of aliphatic hydroxyl groups is 1. The number of hydrogen-bond acceptors (Lipinski definition) is 1. The molecular weight excluding hydrogens is 239 g/mol. The Morgan fingerprint density at radius 2 is 1.92 bits per heavy atom. The molecule has 66 valence electrons. The zero-order valence-corrected chi connectivity index (χ0v) is 8.79. The van der Waals surface area contributed by atoms with Gasteiger partial charge in [-0.3, -0.25) is 0 Å². The molecule has 1 aromatic rings. The largest absolute Gasteiger partial charge is 0.395 e. The fourth-order valence-electron chi connectivity index (χ4n) is 0.938.